The standard InChI is InChI=1S/C24H22F3N7/c25-24(26,27)8-17-6-21-22(29-15-30-34(21)11-17)33-4-3-23(14-33)12-32(13-23)10-16-1-2-20-18(5-16)7-19(9-28)31-20/h1-2,5-7,11,15,31H,3-4,8,10,12-14H2. The molecule has 2 aliphatic heterocycles. The van der Waals surface area contributed by atoms with Crippen LogP contribution in [0.2, 0.25) is 0 Å². The first-order chi connectivity index (χ1) is 16.3. The van der Waals surface area contributed by atoms with E-state index >= 15 is 0 Å². The number of rotatable bonds is 4. The van der Waals surface area contributed by atoms with Crippen molar-refractivity contribution in [2.24, 2.45) is 5.41 Å². The van der Waals surface area contributed by atoms with E-state index in [0.717, 1.165) is 50.0 Å². The number of aromatic amines is 1. The van der Waals surface area contributed by atoms with E-state index in [2.05, 4.69) is 43.1 Å². The fraction of sp³-hybridized carbons (Fsp3) is 0.375. The quantitative estimate of drug-likeness (QED) is 0.495. The van der Waals surface area contributed by atoms with Crippen molar-refractivity contribution in [3.8, 4) is 6.07 Å². The van der Waals surface area contributed by atoms with E-state index in [1.807, 2.05) is 12.1 Å². The van der Waals surface area contributed by atoms with Gasteiger partial charge in [0, 0.05) is 55.2 Å². The third kappa shape index (κ3) is 3.76. The molecule has 1 spiro atoms. The van der Waals surface area contributed by atoms with Crippen LogP contribution < -0.4 is 4.90 Å². The summed E-state index contributed by atoms with van der Waals surface area (Å²) in [6.45, 7) is 4.45. The van der Waals surface area contributed by atoms with Gasteiger partial charge in [0.2, 0.25) is 0 Å². The summed E-state index contributed by atoms with van der Waals surface area (Å²) in [6, 6.07) is 11.8. The van der Waals surface area contributed by atoms with Crippen LogP contribution in [0.25, 0.3) is 16.4 Å². The third-order valence-electron chi connectivity index (χ3n) is 6.91. The average Bonchev–Trinajstić information content (AvgIpc) is 3.47. The van der Waals surface area contributed by atoms with Crippen molar-refractivity contribution in [2.75, 3.05) is 31.1 Å². The van der Waals surface area contributed by atoms with E-state index in [9.17, 15) is 13.2 Å². The number of halogens is 3. The van der Waals surface area contributed by atoms with Gasteiger partial charge in [-0.3, -0.25) is 4.90 Å². The van der Waals surface area contributed by atoms with Crippen molar-refractivity contribution in [3.05, 3.63) is 59.7 Å². The lowest BCUT2D eigenvalue weighted by molar-refractivity contribution is -0.127. The molecule has 174 valence electrons. The van der Waals surface area contributed by atoms with Crippen LogP contribution in [0.3, 0.4) is 0 Å². The summed E-state index contributed by atoms with van der Waals surface area (Å²) in [6.07, 6.45) is -1.35. The van der Waals surface area contributed by atoms with E-state index in [-0.39, 0.29) is 11.0 Å². The molecule has 6 rings (SSSR count). The van der Waals surface area contributed by atoms with Crippen LogP contribution in [0.4, 0.5) is 19.0 Å². The smallest absolute Gasteiger partial charge is 0.354 e. The number of benzene rings is 1. The summed E-state index contributed by atoms with van der Waals surface area (Å²) in [5, 5.41) is 14.2. The zero-order valence-corrected chi connectivity index (χ0v) is 18.3. The fourth-order valence-corrected chi connectivity index (χ4v) is 5.53. The number of likely N-dealkylation sites (tertiary alicyclic amines) is 1. The maximum absolute atomic E-state index is 12.8. The zero-order chi connectivity index (χ0) is 23.5. The molecule has 2 aliphatic rings. The molecule has 34 heavy (non-hydrogen) atoms. The average molecular weight is 465 g/mol. The number of aromatic nitrogens is 4. The molecule has 10 heteroatoms. The molecule has 1 N–H and O–H groups in total. The Balaban J connectivity index is 1.13. The summed E-state index contributed by atoms with van der Waals surface area (Å²) in [5.41, 5.74) is 3.73. The van der Waals surface area contributed by atoms with Crippen molar-refractivity contribution in [3.63, 3.8) is 0 Å². The van der Waals surface area contributed by atoms with Crippen LogP contribution in [-0.2, 0) is 13.0 Å². The molecule has 3 aromatic heterocycles. The molecule has 0 bridgehead atoms. The van der Waals surface area contributed by atoms with Crippen molar-refractivity contribution < 1.29 is 13.2 Å². The Morgan fingerprint density at radius 3 is 2.76 bits per heavy atom. The first-order valence-electron chi connectivity index (χ1n) is 11.2. The van der Waals surface area contributed by atoms with E-state index in [1.54, 1.807) is 6.07 Å². The van der Waals surface area contributed by atoms with Gasteiger partial charge < -0.3 is 9.88 Å². The van der Waals surface area contributed by atoms with Gasteiger partial charge in [0.1, 0.15) is 23.6 Å². The summed E-state index contributed by atoms with van der Waals surface area (Å²) in [5.74, 6) is 0.699. The van der Waals surface area contributed by atoms with Gasteiger partial charge in [-0.2, -0.15) is 23.5 Å². The number of nitrogens with one attached hydrogen (secondary N) is 1. The molecule has 0 radical (unpaired) electrons. The Bertz CT molecular complexity index is 1420. The van der Waals surface area contributed by atoms with Crippen molar-refractivity contribution >= 4 is 22.2 Å². The lowest BCUT2D eigenvalue weighted by atomic mass is 9.79. The van der Waals surface area contributed by atoms with E-state index in [4.69, 9.17) is 5.26 Å². The minimum atomic E-state index is -4.25. The van der Waals surface area contributed by atoms with Crippen LogP contribution in [0.1, 0.15) is 23.2 Å². The second-order valence-electron chi connectivity index (χ2n) is 9.59. The second kappa shape index (κ2) is 7.46. The maximum atomic E-state index is 12.8. The molecule has 7 nitrogen and oxygen atoms in total. The first-order valence-corrected chi connectivity index (χ1v) is 11.2. The van der Waals surface area contributed by atoms with Gasteiger partial charge in [-0.15, -0.1) is 0 Å². The molecule has 4 aromatic rings. The highest BCUT2D eigenvalue weighted by molar-refractivity contribution is 5.82. The van der Waals surface area contributed by atoms with Gasteiger partial charge in [0.15, 0.2) is 5.82 Å². The van der Waals surface area contributed by atoms with Crippen molar-refractivity contribution in [1.29, 1.82) is 5.26 Å². The largest absolute Gasteiger partial charge is 0.393 e. The Kier molecular flexibility index (Phi) is 4.61. The number of alkyl halides is 3. The number of anilines is 1. The molecule has 0 unspecified atom stereocenters. The molecule has 2 fully saturated rings. The second-order valence-corrected chi connectivity index (χ2v) is 9.59. The number of H-pyrrole nitrogens is 1. The van der Waals surface area contributed by atoms with Crippen molar-refractivity contribution in [1.82, 2.24) is 24.5 Å². The summed E-state index contributed by atoms with van der Waals surface area (Å²) >= 11 is 0. The Morgan fingerprint density at radius 2 is 1.97 bits per heavy atom. The van der Waals surface area contributed by atoms with E-state index < -0.39 is 12.6 Å². The molecule has 1 aromatic carbocycles. The zero-order valence-electron chi connectivity index (χ0n) is 18.3. The summed E-state index contributed by atoms with van der Waals surface area (Å²) < 4.78 is 40.0. The van der Waals surface area contributed by atoms with Crippen molar-refractivity contribution in [2.45, 2.75) is 25.6 Å². The highest BCUT2D eigenvalue weighted by Crippen LogP contribution is 2.42. The molecule has 0 amide bonds. The predicted molar refractivity (Wildman–Crippen MR) is 120 cm³/mol. The number of fused-ring (bicyclic) bond motifs is 2. The van der Waals surface area contributed by atoms with E-state index in [0.29, 0.717) is 17.0 Å². The Morgan fingerprint density at radius 1 is 1.12 bits per heavy atom. The number of hydrogen-bond donors (Lipinski definition) is 1. The van der Waals surface area contributed by atoms with Gasteiger partial charge in [0.05, 0.1) is 6.42 Å². The topological polar surface area (TPSA) is 76.2 Å². The normalized spacial score (nSPS) is 18.1. The Labute approximate surface area is 193 Å². The monoisotopic (exact) mass is 465 g/mol. The highest BCUT2D eigenvalue weighted by Gasteiger charge is 2.48. The van der Waals surface area contributed by atoms with Gasteiger partial charge in [-0.1, -0.05) is 6.07 Å². The van der Waals surface area contributed by atoms with Crippen LogP contribution in [0.15, 0.2) is 42.9 Å². The van der Waals surface area contributed by atoms with Gasteiger partial charge in [0.25, 0.3) is 0 Å². The maximum Gasteiger partial charge on any atom is 0.393 e. The SMILES string of the molecule is N#Cc1cc2cc(CN3CC4(CCN(c5ncnn6cc(CC(F)(F)F)cc56)C4)C3)ccc2[nH]1. The summed E-state index contributed by atoms with van der Waals surface area (Å²) in [7, 11) is 0. The number of hydrogen-bond acceptors (Lipinski definition) is 5. The van der Waals surface area contributed by atoms with Gasteiger partial charge in [-0.05, 0) is 41.8 Å². The number of nitrogens with zero attached hydrogens (tertiary/aromatic N) is 6. The molecule has 2 saturated heterocycles. The highest BCUT2D eigenvalue weighted by atomic mass is 19.4. The number of nitriles is 1. The van der Waals surface area contributed by atoms with Crippen LogP contribution >= 0.6 is 0 Å². The van der Waals surface area contributed by atoms with Crippen LogP contribution in [0, 0.1) is 16.7 Å². The molecular formula is C24H22F3N7. The molecular weight excluding hydrogens is 443 g/mol. The fourth-order valence-electron chi connectivity index (χ4n) is 5.53. The molecule has 0 atom stereocenters. The predicted octanol–water partition coefficient (Wildman–Crippen LogP) is 3.90. The van der Waals surface area contributed by atoms with Gasteiger partial charge >= 0.3 is 6.18 Å². The van der Waals surface area contributed by atoms with Crippen LogP contribution in [-0.4, -0.2) is 56.8 Å². The lowest BCUT2D eigenvalue weighted by Crippen LogP contribution is -2.56. The lowest BCUT2D eigenvalue weighted by Gasteiger charge is -2.48. The first kappa shape index (κ1) is 21.0. The third-order valence-corrected chi connectivity index (χ3v) is 6.91. The minimum Gasteiger partial charge on any atom is -0.354 e. The molecule has 0 saturated carbocycles. The molecule has 5 heterocycles. The van der Waals surface area contributed by atoms with Crippen LogP contribution in [0.5, 0.6) is 0 Å². The minimum absolute atomic E-state index is 0.176. The molecule has 0 aliphatic carbocycles. The Hall–Kier alpha value is -3.58. The summed E-state index contributed by atoms with van der Waals surface area (Å²) in [4.78, 5) is 12.1. The van der Waals surface area contributed by atoms with E-state index in [1.165, 1.54) is 22.6 Å². The van der Waals surface area contributed by atoms with Gasteiger partial charge in [-0.25, -0.2) is 9.50 Å².